The predicted octanol–water partition coefficient (Wildman–Crippen LogP) is 1.74. The summed E-state index contributed by atoms with van der Waals surface area (Å²) in [5, 5.41) is 3.08. The standard InChI is InChI=1S/C17H23FN2O2/c1-12(21)19-16-6-3-7-20(15-10-22-11-15)17(16)9-13-4-2-5-14(18)8-13/h2,4-5,8,15-17H,3,6-7,9-11H2,1H3,(H,19,21)/t16-,17-/m0/s1. The van der Waals surface area contributed by atoms with E-state index in [0.717, 1.165) is 44.6 Å². The summed E-state index contributed by atoms with van der Waals surface area (Å²) in [6.45, 7) is 4.09. The Kier molecular flexibility index (Phi) is 4.74. The summed E-state index contributed by atoms with van der Waals surface area (Å²) in [7, 11) is 0. The number of amides is 1. The van der Waals surface area contributed by atoms with Gasteiger partial charge in [-0.05, 0) is 43.5 Å². The fourth-order valence-corrected chi connectivity index (χ4v) is 3.55. The van der Waals surface area contributed by atoms with Gasteiger partial charge in [-0.1, -0.05) is 12.1 Å². The molecule has 1 aromatic rings. The Labute approximate surface area is 130 Å². The molecule has 2 fully saturated rings. The topological polar surface area (TPSA) is 41.6 Å². The van der Waals surface area contributed by atoms with Gasteiger partial charge in [0.15, 0.2) is 0 Å². The molecule has 0 aliphatic carbocycles. The summed E-state index contributed by atoms with van der Waals surface area (Å²) in [4.78, 5) is 14.0. The van der Waals surface area contributed by atoms with Crippen LogP contribution in [0, 0.1) is 5.82 Å². The number of likely N-dealkylation sites (tertiary alicyclic amines) is 1. The van der Waals surface area contributed by atoms with Crippen molar-refractivity contribution in [3.8, 4) is 0 Å². The molecule has 2 saturated heterocycles. The summed E-state index contributed by atoms with van der Waals surface area (Å²) < 4.78 is 18.8. The minimum atomic E-state index is -0.206. The molecule has 1 amide bonds. The lowest BCUT2D eigenvalue weighted by molar-refractivity contribution is -0.122. The Morgan fingerprint density at radius 3 is 2.91 bits per heavy atom. The molecule has 0 spiro atoms. The first-order valence-electron chi connectivity index (χ1n) is 7.98. The van der Waals surface area contributed by atoms with Crippen molar-refractivity contribution < 1.29 is 13.9 Å². The van der Waals surface area contributed by atoms with Crippen molar-refractivity contribution in [2.24, 2.45) is 0 Å². The zero-order chi connectivity index (χ0) is 15.5. The highest BCUT2D eigenvalue weighted by Gasteiger charge is 2.38. The molecule has 2 aliphatic heterocycles. The lowest BCUT2D eigenvalue weighted by atomic mass is 9.89. The van der Waals surface area contributed by atoms with Crippen molar-refractivity contribution in [2.75, 3.05) is 19.8 Å². The van der Waals surface area contributed by atoms with Crippen LogP contribution in [0.15, 0.2) is 24.3 Å². The first-order valence-corrected chi connectivity index (χ1v) is 7.98. The number of nitrogens with one attached hydrogen (secondary N) is 1. The van der Waals surface area contributed by atoms with Crippen LogP contribution < -0.4 is 5.32 Å². The van der Waals surface area contributed by atoms with Crippen molar-refractivity contribution in [1.82, 2.24) is 10.2 Å². The summed E-state index contributed by atoms with van der Waals surface area (Å²) >= 11 is 0. The molecule has 1 N–H and O–H groups in total. The van der Waals surface area contributed by atoms with Crippen LogP contribution in [0.1, 0.15) is 25.3 Å². The summed E-state index contributed by atoms with van der Waals surface area (Å²) in [6, 6.07) is 7.51. The van der Waals surface area contributed by atoms with Crippen molar-refractivity contribution in [1.29, 1.82) is 0 Å². The molecule has 4 nitrogen and oxygen atoms in total. The Morgan fingerprint density at radius 2 is 2.27 bits per heavy atom. The number of rotatable bonds is 4. The maximum atomic E-state index is 13.5. The van der Waals surface area contributed by atoms with E-state index in [1.807, 2.05) is 6.07 Å². The number of hydrogen-bond donors (Lipinski definition) is 1. The second kappa shape index (κ2) is 6.75. The number of ether oxygens (including phenoxy) is 1. The van der Waals surface area contributed by atoms with E-state index in [4.69, 9.17) is 4.74 Å². The van der Waals surface area contributed by atoms with Gasteiger partial charge in [-0.2, -0.15) is 0 Å². The maximum absolute atomic E-state index is 13.5. The van der Waals surface area contributed by atoms with E-state index in [-0.39, 0.29) is 23.8 Å². The minimum absolute atomic E-state index is 0.000881. The fraction of sp³-hybridized carbons (Fsp3) is 0.588. The van der Waals surface area contributed by atoms with E-state index < -0.39 is 0 Å². The van der Waals surface area contributed by atoms with Crippen LogP contribution in [-0.4, -0.2) is 48.7 Å². The van der Waals surface area contributed by atoms with E-state index in [2.05, 4.69) is 10.2 Å². The Morgan fingerprint density at radius 1 is 1.45 bits per heavy atom. The molecule has 0 saturated carbocycles. The fourth-order valence-electron chi connectivity index (χ4n) is 3.55. The molecule has 0 bridgehead atoms. The molecule has 0 unspecified atom stereocenters. The van der Waals surface area contributed by atoms with Crippen LogP contribution in [0.5, 0.6) is 0 Å². The van der Waals surface area contributed by atoms with Gasteiger partial charge in [-0.3, -0.25) is 9.69 Å². The van der Waals surface area contributed by atoms with E-state index in [1.54, 1.807) is 19.1 Å². The number of piperidine rings is 1. The third-order valence-electron chi connectivity index (χ3n) is 4.63. The molecule has 2 aliphatic rings. The Balaban J connectivity index is 1.79. The maximum Gasteiger partial charge on any atom is 0.217 e. The first-order chi connectivity index (χ1) is 10.6. The first kappa shape index (κ1) is 15.4. The van der Waals surface area contributed by atoms with Crippen molar-refractivity contribution in [2.45, 2.75) is 44.3 Å². The lowest BCUT2D eigenvalue weighted by Crippen LogP contribution is -2.62. The zero-order valence-corrected chi connectivity index (χ0v) is 12.9. The summed E-state index contributed by atoms with van der Waals surface area (Å²) in [5.41, 5.74) is 0.979. The van der Waals surface area contributed by atoms with Gasteiger partial charge in [0.1, 0.15) is 5.82 Å². The Hall–Kier alpha value is -1.46. The van der Waals surface area contributed by atoms with Crippen LogP contribution in [0.2, 0.25) is 0 Å². The molecule has 5 heteroatoms. The molecule has 0 aromatic heterocycles. The molecule has 2 heterocycles. The number of carbonyl (C=O) groups excluding carboxylic acids is 1. The normalized spacial score (nSPS) is 26.5. The average Bonchev–Trinajstić information content (AvgIpc) is 2.40. The third-order valence-corrected chi connectivity index (χ3v) is 4.63. The minimum Gasteiger partial charge on any atom is -0.378 e. The van der Waals surface area contributed by atoms with Crippen LogP contribution in [0.4, 0.5) is 4.39 Å². The second-order valence-corrected chi connectivity index (χ2v) is 6.28. The molecule has 0 radical (unpaired) electrons. The number of hydrogen-bond acceptors (Lipinski definition) is 3. The van der Waals surface area contributed by atoms with E-state index in [0.29, 0.717) is 6.04 Å². The largest absolute Gasteiger partial charge is 0.378 e. The second-order valence-electron chi connectivity index (χ2n) is 6.28. The third kappa shape index (κ3) is 3.47. The summed E-state index contributed by atoms with van der Waals surface area (Å²) in [6.07, 6.45) is 2.80. The molecular formula is C17H23FN2O2. The van der Waals surface area contributed by atoms with Gasteiger partial charge < -0.3 is 10.1 Å². The summed E-state index contributed by atoms with van der Waals surface area (Å²) in [5.74, 6) is -0.205. The molecule has 120 valence electrons. The molecule has 22 heavy (non-hydrogen) atoms. The zero-order valence-electron chi connectivity index (χ0n) is 12.9. The monoisotopic (exact) mass is 306 g/mol. The predicted molar refractivity (Wildman–Crippen MR) is 82.0 cm³/mol. The number of halogens is 1. The van der Waals surface area contributed by atoms with Crippen LogP contribution >= 0.6 is 0 Å². The van der Waals surface area contributed by atoms with Gasteiger partial charge in [0.05, 0.1) is 19.3 Å². The van der Waals surface area contributed by atoms with Crippen molar-refractivity contribution >= 4 is 5.91 Å². The van der Waals surface area contributed by atoms with Gasteiger partial charge in [0.25, 0.3) is 0 Å². The van der Waals surface area contributed by atoms with Crippen LogP contribution in [0.25, 0.3) is 0 Å². The van der Waals surface area contributed by atoms with Gasteiger partial charge >= 0.3 is 0 Å². The van der Waals surface area contributed by atoms with Gasteiger partial charge in [0, 0.05) is 19.0 Å². The number of benzene rings is 1. The van der Waals surface area contributed by atoms with E-state index >= 15 is 0 Å². The van der Waals surface area contributed by atoms with E-state index in [9.17, 15) is 9.18 Å². The van der Waals surface area contributed by atoms with Gasteiger partial charge in [-0.15, -0.1) is 0 Å². The SMILES string of the molecule is CC(=O)N[C@H]1CCCN(C2COC2)[C@H]1Cc1cccc(F)c1. The van der Waals surface area contributed by atoms with Gasteiger partial charge in [-0.25, -0.2) is 4.39 Å². The molecule has 1 aromatic carbocycles. The van der Waals surface area contributed by atoms with Crippen molar-refractivity contribution in [3.63, 3.8) is 0 Å². The van der Waals surface area contributed by atoms with Crippen molar-refractivity contribution in [3.05, 3.63) is 35.6 Å². The Bertz CT molecular complexity index is 533. The lowest BCUT2D eigenvalue weighted by Gasteiger charge is -2.48. The molecular weight excluding hydrogens is 283 g/mol. The quantitative estimate of drug-likeness (QED) is 0.921. The highest BCUT2D eigenvalue weighted by atomic mass is 19.1. The van der Waals surface area contributed by atoms with E-state index in [1.165, 1.54) is 6.07 Å². The smallest absolute Gasteiger partial charge is 0.217 e. The molecule has 3 rings (SSSR count). The average molecular weight is 306 g/mol. The highest BCUT2D eigenvalue weighted by Crippen LogP contribution is 2.26. The molecule has 2 atom stereocenters. The van der Waals surface area contributed by atoms with Crippen LogP contribution in [0.3, 0.4) is 0 Å². The highest BCUT2D eigenvalue weighted by molar-refractivity contribution is 5.73. The number of carbonyl (C=O) groups is 1. The van der Waals surface area contributed by atoms with Crippen LogP contribution in [-0.2, 0) is 16.0 Å². The number of nitrogens with zero attached hydrogens (tertiary/aromatic N) is 1. The van der Waals surface area contributed by atoms with Gasteiger partial charge in [0.2, 0.25) is 5.91 Å².